The fourth-order valence-corrected chi connectivity index (χ4v) is 0.939. The molecule has 0 fully saturated rings. The molecule has 0 spiro atoms. The lowest BCUT2D eigenvalue weighted by atomic mass is 10.3. The molecule has 0 saturated carbocycles. The molecule has 8 nitrogen and oxygen atoms in total. The molecule has 0 aliphatic carbocycles. The van der Waals surface area contributed by atoms with Crippen LogP contribution in [0.5, 0.6) is 0 Å². The minimum absolute atomic E-state index is 0.0735. The minimum Gasteiger partial charge on any atom is -0.469 e. The number of hydrogen-bond donors (Lipinski definition) is 3. The molecule has 0 amide bonds. The smallest absolute Gasteiger partial charge is 0.342 e. The van der Waals surface area contributed by atoms with Crippen LogP contribution in [0.3, 0.4) is 0 Å². The number of carbonyl (C=O) groups excluding carboxylic acids is 2. The highest BCUT2D eigenvalue weighted by atomic mass is 17.1. The number of anilines is 2. The number of aryl methyl sites for hydroxylation is 1. The lowest BCUT2D eigenvalue weighted by Gasteiger charge is -1.97. The van der Waals surface area contributed by atoms with Crippen molar-refractivity contribution < 1.29 is 24.5 Å². The Morgan fingerprint density at radius 3 is 2.26 bits per heavy atom. The average molecular weight is 271 g/mol. The number of nitrogens with two attached hydrogens (primary N) is 2. The van der Waals surface area contributed by atoms with Crippen LogP contribution in [0, 0.1) is 6.92 Å². The lowest BCUT2D eigenvalue weighted by molar-refractivity contribution is -0.234. The van der Waals surface area contributed by atoms with Crippen molar-refractivity contribution in [1.82, 2.24) is 4.98 Å². The van der Waals surface area contributed by atoms with Crippen LogP contribution in [-0.2, 0) is 19.2 Å². The second-order valence-electron chi connectivity index (χ2n) is 3.47. The fraction of sp³-hybridized carbons (Fsp3) is 0.364. The predicted octanol–water partition coefficient (Wildman–Crippen LogP) is 0.510. The fourth-order valence-electron chi connectivity index (χ4n) is 0.939. The van der Waals surface area contributed by atoms with Gasteiger partial charge in [-0.1, -0.05) is 0 Å². The third-order valence-electron chi connectivity index (χ3n) is 1.96. The number of carbonyl (C=O) groups is 2. The molecule has 0 unspecified atom stereocenters. The Morgan fingerprint density at radius 1 is 1.26 bits per heavy atom. The topological polar surface area (TPSA) is 138 Å². The summed E-state index contributed by atoms with van der Waals surface area (Å²) >= 11 is 0. The molecule has 0 atom stereocenters. The molecule has 0 bridgehead atoms. The molecule has 5 N–H and O–H groups in total. The molecular formula is C11H17N3O5. The quantitative estimate of drug-likeness (QED) is 0.410. The molecule has 0 saturated heterocycles. The summed E-state index contributed by atoms with van der Waals surface area (Å²) < 4.78 is 4.22. The second-order valence-corrected chi connectivity index (χ2v) is 3.47. The van der Waals surface area contributed by atoms with E-state index in [1.54, 1.807) is 6.07 Å². The summed E-state index contributed by atoms with van der Waals surface area (Å²) in [4.78, 5) is 27.7. The van der Waals surface area contributed by atoms with Gasteiger partial charge in [0.05, 0.1) is 25.6 Å². The molecule has 0 aromatic carbocycles. The van der Waals surface area contributed by atoms with E-state index in [1.165, 1.54) is 7.11 Å². The molecule has 1 aromatic rings. The Labute approximate surface area is 110 Å². The maximum Gasteiger partial charge on any atom is 0.342 e. The van der Waals surface area contributed by atoms with E-state index < -0.39 is 11.9 Å². The van der Waals surface area contributed by atoms with Gasteiger partial charge in [0, 0.05) is 5.69 Å². The summed E-state index contributed by atoms with van der Waals surface area (Å²) in [6.07, 6.45) is -0.237. The highest BCUT2D eigenvalue weighted by Gasteiger charge is 2.06. The van der Waals surface area contributed by atoms with Crippen LogP contribution in [0.2, 0.25) is 0 Å². The number of ether oxygens (including phenoxy) is 1. The van der Waals surface area contributed by atoms with Crippen LogP contribution in [0.15, 0.2) is 12.1 Å². The van der Waals surface area contributed by atoms with E-state index in [2.05, 4.69) is 14.6 Å². The van der Waals surface area contributed by atoms with Gasteiger partial charge in [0.2, 0.25) is 0 Å². The van der Waals surface area contributed by atoms with Crippen molar-refractivity contribution in [2.24, 2.45) is 0 Å². The summed E-state index contributed by atoms with van der Waals surface area (Å²) in [5, 5.41) is 7.72. The van der Waals surface area contributed by atoms with Gasteiger partial charge in [0.25, 0.3) is 0 Å². The first-order valence-electron chi connectivity index (χ1n) is 5.30. The van der Waals surface area contributed by atoms with Crippen LogP contribution in [-0.4, -0.2) is 29.3 Å². The zero-order valence-corrected chi connectivity index (χ0v) is 10.8. The van der Waals surface area contributed by atoms with Gasteiger partial charge in [-0.3, -0.25) is 4.79 Å². The number of esters is 1. The van der Waals surface area contributed by atoms with Gasteiger partial charge < -0.3 is 21.1 Å². The maximum atomic E-state index is 10.3. The molecule has 1 aromatic heterocycles. The number of methoxy groups -OCH3 is 1. The Bertz CT molecular complexity index is 420. The largest absolute Gasteiger partial charge is 0.469 e. The van der Waals surface area contributed by atoms with Crippen LogP contribution in [0.1, 0.15) is 18.5 Å². The monoisotopic (exact) mass is 271 g/mol. The van der Waals surface area contributed by atoms with E-state index in [-0.39, 0.29) is 12.8 Å². The molecule has 0 aliphatic rings. The van der Waals surface area contributed by atoms with E-state index in [0.29, 0.717) is 11.5 Å². The zero-order chi connectivity index (χ0) is 14.8. The Balaban J connectivity index is 0.000000342. The van der Waals surface area contributed by atoms with Crippen molar-refractivity contribution in [2.75, 3.05) is 18.6 Å². The third-order valence-corrected chi connectivity index (χ3v) is 1.96. The number of hydrogen-bond acceptors (Lipinski definition) is 8. The van der Waals surface area contributed by atoms with Gasteiger partial charge in [-0.05, 0) is 19.1 Å². The van der Waals surface area contributed by atoms with Gasteiger partial charge in [-0.2, -0.15) is 5.26 Å². The van der Waals surface area contributed by atoms with Crippen molar-refractivity contribution in [2.45, 2.75) is 19.8 Å². The first kappa shape index (κ1) is 16.6. The number of rotatable bonds is 3. The van der Waals surface area contributed by atoms with E-state index in [4.69, 9.17) is 16.7 Å². The average Bonchev–Trinajstić information content (AvgIpc) is 2.40. The molecule has 19 heavy (non-hydrogen) atoms. The van der Waals surface area contributed by atoms with Crippen LogP contribution in [0.4, 0.5) is 11.5 Å². The summed E-state index contributed by atoms with van der Waals surface area (Å²) in [5.41, 5.74) is 12.2. The molecule has 0 aliphatic heterocycles. The van der Waals surface area contributed by atoms with E-state index in [0.717, 1.165) is 5.69 Å². The lowest BCUT2D eigenvalue weighted by Crippen LogP contribution is -2.06. The van der Waals surface area contributed by atoms with E-state index in [9.17, 15) is 9.59 Å². The first-order valence-corrected chi connectivity index (χ1v) is 5.30. The Hall–Kier alpha value is -2.35. The number of aromatic nitrogens is 1. The SMILES string of the molecule is COC(=O)CCC(=O)OO.Cc1ccc(N)c(N)n1. The number of nitrogen functional groups attached to an aromatic ring is 2. The molecule has 1 heterocycles. The molecule has 0 radical (unpaired) electrons. The minimum atomic E-state index is -0.842. The molecular weight excluding hydrogens is 254 g/mol. The van der Waals surface area contributed by atoms with E-state index in [1.807, 2.05) is 13.0 Å². The standard InChI is InChI=1S/C6H9N3.C5H8O5/c1-4-2-3-5(7)6(8)9-4;1-9-4(6)2-3-5(7)10-8/h2-3H,7H2,1H3,(H2,8,9);8H,2-3H2,1H3. The highest BCUT2D eigenvalue weighted by molar-refractivity contribution is 5.77. The van der Waals surface area contributed by atoms with Crippen molar-refractivity contribution in [3.63, 3.8) is 0 Å². The van der Waals surface area contributed by atoms with Crippen molar-refractivity contribution in [3.8, 4) is 0 Å². The summed E-state index contributed by atoms with van der Waals surface area (Å²) in [5.74, 6) is -0.939. The van der Waals surface area contributed by atoms with Crippen molar-refractivity contribution in [3.05, 3.63) is 17.8 Å². The molecule has 106 valence electrons. The van der Waals surface area contributed by atoms with Crippen LogP contribution in [0.25, 0.3) is 0 Å². The van der Waals surface area contributed by atoms with Crippen molar-refractivity contribution in [1.29, 1.82) is 0 Å². The summed E-state index contributed by atoms with van der Waals surface area (Å²) in [6.45, 7) is 1.87. The van der Waals surface area contributed by atoms with Gasteiger partial charge in [-0.25, -0.2) is 9.78 Å². The van der Waals surface area contributed by atoms with Gasteiger partial charge in [0.15, 0.2) is 0 Å². The van der Waals surface area contributed by atoms with Crippen LogP contribution < -0.4 is 11.5 Å². The normalized spacial score (nSPS) is 9.00. The van der Waals surface area contributed by atoms with E-state index >= 15 is 0 Å². The summed E-state index contributed by atoms with van der Waals surface area (Å²) in [7, 11) is 1.21. The number of nitrogens with zero attached hydrogens (tertiary/aromatic N) is 1. The van der Waals surface area contributed by atoms with Crippen LogP contribution >= 0.6 is 0 Å². The first-order chi connectivity index (χ1) is 8.90. The Morgan fingerprint density at radius 2 is 1.84 bits per heavy atom. The number of pyridine rings is 1. The van der Waals surface area contributed by atoms with Crippen molar-refractivity contribution >= 4 is 23.4 Å². The molecule has 1 rings (SSSR count). The maximum absolute atomic E-state index is 10.3. The van der Waals surface area contributed by atoms with Gasteiger partial charge in [0.1, 0.15) is 5.82 Å². The van der Waals surface area contributed by atoms with Gasteiger partial charge >= 0.3 is 11.9 Å². The second kappa shape index (κ2) is 8.70. The molecule has 8 heteroatoms. The zero-order valence-electron chi connectivity index (χ0n) is 10.8. The predicted molar refractivity (Wildman–Crippen MR) is 67.8 cm³/mol. The third kappa shape index (κ3) is 7.55. The highest BCUT2D eigenvalue weighted by Crippen LogP contribution is 2.09. The van der Waals surface area contributed by atoms with Gasteiger partial charge in [-0.15, -0.1) is 0 Å². The summed E-state index contributed by atoms with van der Waals surface area (Å²) in [6, 6.07) is 3.57. The Kier molecular flexibility index (Phi) is 7.62.